The third-order valence-corrected chi connectivity index (χ3v) is 3.46. The van der Waals surface area contributed by atoms with Gasteiger partial charge in [-0.3, -0.25) is 4.79 Å². The van der Waals surface area contributed by atoms with Crippen molar-refractivity contribution in [1.82, 2.24) is 5.32 Å². The van der Waals surface area contributed by atoms with Crippen LogP contribution < -0.4 is 5.32 Å². The standard InChI is InChI=1S/C12H13F4NOS/c1-7(19-2)6-17-11(18)8-3-4-10(13)9(5-8)12(14,15)16/h3-5,7H,6H2,1-2H3,(H,17,18). The van der Waals surface area contributed by atoms with E-state index >= 15 is 0 Å². The summed E-state index contributed by atoms with van der Waals surface area (Å²) in [6.07, 6.45) is -2.95. The minimum atomic E-state index is -4.81. The zero-order valence-corrected chi connectivity index (χ0v) is 11.2. The number of nitrogens with one attached hydrogen (secondary N) is 1. The molecule has 1 N–H and O–H groups in total. The lowest BCUT2D eigenvalue weighted by Gasteiger charge is -2.12. The molecule has 19 heavy (non-hydrogen) atoms. The van der Waals surface area contributed by atoms with Gasteiger partial charge in [0.1, 0.15) is 5.82 Å². The van der Waals surface area contributed by atoms with Crippen molar-refractivity contribution in [3.8, 4) is 0 Å². The summed E-state index contributed by atoms with van der Waals surface area (Å²) in [4.78, 5) is 11.6. The molecule has 0 saturated heterocycles. The summed E-state index contributed by atoms with van der Waals surface area (Å²) in [7, 11) is 0. The topological polar surface area (TPSA) is 29.1 Å². The van der Waals surface area contributed by atoms with Crippen LogP contribution in [0.4, 0.5) is 17.6 Å². The van der Waals surface area contributed by atoms with E-state index in [1.54, 1.807) is 0 Å². The van der Waals surface area contributed by atoms with Crippen LogP contribution in [0, 0.1) is 5.82 Å². The molecule has 106 valence electrons. The maximum absolute atomic E-state index is 13.0. The van der Waals surface area contributed by atoms with Gasteiger partial charge in [0.15, 0.2) is 0 Å². The van der Waals surface area contributed by atoms with Crippen molar-refractivity contribution >= 4 is 17.7 Å². The van der Waals surface area contributed by atoms with E-state index in [0.717, 1.165) is 6.07 Å². The van der Waals surface area contributed by atoms with Crippen molar-refractivity contribution in [3.05, 3.63) is 35.1 Å². The van der Waals surface area contributed by atoms with Crippen LogP contribution in [0.1, 0.15) is 22.8 Å². The van der Waals surface area contributed by atoms with Gasteiger partial charge in [0.05, 0.1) is 5.56 Å². The lowest BCUT2D eigenvalue weighted by molar-refractivity contribution is -0.140. The second-order valence-corrected chi connectivity index (χ2v) is 5.22. The Morgan fingerprint density at radius 2 is 2.05 bits per heavy atom. The molecule has 1 aromatic carbocycles. The summed E-state index contributed by atoms with van der Waals surface area (Å²) in [6, 6.07) is 2.20. The van der Waals surface area contributed by atoms with E-state index in [-0.39, 0.29) is 10.8 Å². The van der Waals surface area contributed by atoms with E-state index in [0.29, 0.717) is 18.7 Å². The second-order valence-electron chi connectivity index (χ2n) is 3.95. The van der Waals surface area contributed by atoms with Crippen LogP contribution in [0.3, 0.4) is 0 Å². The number of alkyl halides is 3. The van der Waals surface area contributed by atoms with Gasteiger partial charge in [-0.05, 0) is 24.5 Å². The summed E-state index contributed by atoms with van der Waals surface area (Å²) in [6.45, 7) is 2.20. The normalized spacial score (nSPS) is 13.2. The largest absolute Gasteiger partial charge is 0.419 e. The average molecular weight is 295 g/mol. The van der Waals surface area contributed by atoms with Crippen molar-refractivity contribution in [2.24, 2.45) is 0 Å². The molecule has 0 saturated carbocycles. The van der Waals surface area contributed by atoms with E-state index in [2.05, 4.69) is 5.32 Å². The van der Waals surface area contributed by atoms with Crippen LogP contribution in [0.2, 0.25) is 0 Å². The zero-order valence-electron chi connectivity index (χ0n) is 10.3. The molecule has 0 aliphatic heterocycles. The Hall–Kier alpha value is -1.24. The first-order chi connectivity index (χ1) is 8.75. The molecular formula is C12H13F4NOS. The van der Waals surface area contributed by atoms with Crippen molar-refractivity contribution in [2.45, 2.75) is 18.3 Å². The fourth-order valence-corrected chi connectivity index (χ4v) is 1.56. The molecule has 7 heteroatoms. The molecule has 1 unspecified atom stereocenters. The predicted molar refractivity (Wildman–Crippen MR) is 66.7 cm³/mol. The van der Waals surface area contributed by atoms with Crippen molar-refractivity contribution < 1.29 is 22.4 Å². The smallest absolute Gasteiger partial charge is 0.351 e. The van der Waals surface area contributed by atoms with Gasteiger partial charge in [-0.2, -0.15) is 24.9 Å². The monoisotopic (exact) mass is 295 g/mol. The molecule has 0 aromatic heterocycles. The molecule has 0 heterocycles. The summed E-state index contributed by atoms with van der Waals surface area (Å²) in [5.74, 6) is -2.03. The minimum absolute atomic E-state index is 0.145. The number of carbonyl (C=O) groups excluding carboxylic acids is 1. The molecule has 1 atom stereocenters. The zero-order chi connectivity index (χ0) is 14.6. The SMILES string of the molecule is CSC(C)CNC(=O)c1ccc(F)c(C(F)(F)F)c1. The van der Waals surface area contributed by atoms with Gasteiger partial charge in [0, 0.05) is 17.4 Å². The van der Waals surface area contributed by atoms with Gasteiger partial charge in [0.25, 0.3) is 5.91 Å². The number of hydrogen-bond donors (Lipinski definition) is 1. The minimum Gasteiger partial charge on any atom is -0.351 e. The Morgan fingerprint density at radius 3 is 2.58 bits per heavy atom. The van der Waals surface area contributed by atoms with Crippen molar-refractivity contribution in [1.29, 1.82) is 0 Å². The van der Waals surface area contributed by atoms with Gasteiger partial charge in [-0.25, -0.2) is 4.39 Å². The molecule has 0 aliphatic carbocycles. The molecule has 0 fully saturated rings. The first-order valence-electron chi connectivity index (χ1n) is 5.43. The highest BCUT2D eigenvalue weighted by atomic mass is 32.2. The van der Waals surface area contributed by atoms with E-state index in [1.165, 1.54) is 11.8 Å². The summed E-state index contributed by atoms with van der Waals surface area (Å²) >= 11 is 1.52. The number of rotatable bonds is 4. The van der Waals surface area contributed by atoms with Gasteiger partial charge in [-0.1, -0.05) is 6.92 Å². The predicted octanol–water partition coefficient (Wildman–Crippen LogP) is 3.33. The highest BCUT2D eigenvalue weighted by Crippen LogP contribution is 2.31. The van der Waals surface area contributed by atoms with Crippen LogP contribution in [0.5, 0.6) is 0 Å². The Balaban J connectivity index is 2.87. The Morgan fingerprint density at radius 1 is 1.42 bits per heavy atom. The van der Waals surface area contributed by atoms with Crippen LogP contribution in [-0.2, 0) is 6.18 Å². The first kappa shape index (κ1) is 15.8. The molecule has 0 aliphatic rings. The maximum Gasteiger partial charge on any atom is 0.419 e. The summed E-state index contributed by atoms with van der Waals surface area (Å²) < 4.78 is 50.5. The molecule has 1 amide bonds. The third-order valence-electron chi connectivity index (χ3n) is 2.49. The fourth-order valence-electron chi connectivity index (χ4n) is 1.31. The van der Waals surface area contributed by atoms with E-state index < -0.39 is 23.5 Å². The van der Waals surface area contributed by atoms with Crippen LogP contribution in [-0.4, -0.2) is 24.0 Å². The molecular weight excluding hydrogens is 282 g/mol. The number of benzene rings is 1. The number of halogens is 4. The first-order valence-corrected chi connectivity index (χ1v) is 6.72. The van der Waals surface area contributed by atoms with Crippen LogP contribution >= 0.6 is 11.8 Å². The lowest BCUT2D eigenvalue weighted by atomic mass is 10.1. The lowest BCUT2D eigenvalue weighted by Crippen LogP contribution is -2.29. The third kappa shape index (κ3) is 4.41. The molecule has 0 radical (unpaired) electrons. The van der Waals surface area contributed by atoms with Gasteiger partial charge in [-0.15, -0.1) is 0 Å². The van der Waals surface area contributed by atoms with Gasteiger partial charge < -0.3 is 5.32 Å². The Labute approximate surface area is 112 Å². The number of carbonyl (C=O) groups is 1. The number of hydrogen-bond acceptors (Lipinski definition) is 2. The van der Waals surface area contributed by atoms with Gasteiger partial charge in [0.2, 0.25) is 0 Å². The quantitative estimate of drug-likeness (QED) is 0.863. The second kappa shape index (κ2) is 6.27. The molecule has 2 nitrogen and oxygen atoms in total. The van der Waals surface area contributed by atoms with E-state index in [1.807, 2.05) is 13.2 Å². The van der Waals surface area contributed by atoms with E-state index in [4.69, 9.17) is 0 Å². The molecule has 1 rings (SSSR count). The van der Waals surface area contributed by atoms with E-state index in [9.17, 15) is 22.4 Å². The average Bonchev–Trinajstić information content (AvgIpc) is 2.34. The van der Waals surface area contributed by atoms with Crippen LogP contribution in [0.25, 0.3) is 0 Å². The van der Waals surface area contributed by atoms with Crippen molar-refractivity contribution in [2.75, 3.05) is 12.8 Å². The molecule has 0 bridgehead atoms. The van der Waals surface area contributed by atoms with Gasteiger partial charge >= 0.3 is 6.18 Å². The maximum atomic E-state index is 13.0. The fraction of sp³-hybridized carbons (Fsp3) is 0.417. The van der Waals surface area contributed by atoms with Crippen LogP contribution in [0.15, 0.2) is 18.2 Å². The number of amides is 1. The number of thioether (sulfide) groups is 1. The Bertz CT molecular complexity index is 462. The molecule has 0 spiro atoms. The summed E-state index contributed by atoms with van der Waals surface area (Å²) in [5.41, 5.74) is -1.64. The highest BCUT2D eigenvalue weighted by molar-refractivity contribution is 7.99. The highest BCUT2D eigenvalue weighted by Gasteiger charge is 2.34. The summed E-state index contributed by atoms with van der Waals surface area (Å²) in [5, 5.41) is 2.64. The van der Waals surface area contributed by atoms with Crippen molar-refractivity contribution in [3.63, 3.8) is 0 Å². The molecule has 1 aromatic rings. The Kier molecular flexibility index (Phi) is 5.22.